The molecular formula is C12H23N3O. The van der Waals surface area contributed by atoms with Crippen LogP contribution in [0.15, 0.2) is 12.4 Å². The smallest absolute Gasteiger partial charge is 0.0746 e. The molecule has 4 nitrogen and oxygen atoms in total. The molecule has 1 aromatic heterocycles. The first kappa shape index (κ1) is 13.2. The number of aliphatic hydroxyl groups is 1. The van der Waals surface area contributed by atoms with Gasteiger partial charge in [0.05, 0.1) is 11.8 Å². The standard InChI is InChI=1S/C12H23N3O/c1-10(2)13-9-12(3,16)6-5-11-7-14-15(4)8-11/h7-8,10,13,16H,5-6,9H2,1-4H3. The first-order valence-corrected chi connectivity index (χ1v) is 5.82. The largest absolute Gasteiger partial charge is 0.389 e. The van der Waals surface area contributed by atoms with Crippen LogP contribution in [0.5, 0.6) is 0 Å². The summed E-state index contributed by atoms with van der Waals surface area (Å²) in [5, 5.41) is 17.5. The molecule has 0 aliphatic carbocycles. The van der Waals surface area contributed by atoms with Gasteiger partial charge in [0.25, 0.3) is 0 Å². The lowest BCUT2D eigenvalue weighted by atomic mass is 9.98. The van der Waals surface area contributed by atoms with Crippen LogP contribution < -0.4 is 5.32 Å². The lowest BCUT2D eigenvalue weighted by molar-refractivity contribution is 0.0492. The molecule has 2 N–H and O–H groups in total. The van der Waals surface area contributed by atoms with Gasteiger partial charge in [-0.15, -0.1) is 0 Å². The normalized spacial score (nSPS) is 15.4. The van der Waals surface area contributed by atoms with E-state index in [2.05, 4.69) is 24.3 Å². The van der Waals surface area contributed by atoms with Gasteiger partial charge in [0.1, 0.15) is 0 Å². The van der Waals surface area contributed by atoms with Gasteiger partial charge in [-0.25, -0.2) is 0 Å². The molecule has 0 bridgehead atoms. The Labute approximate surface area is 97.7 Å². The van der Waals surface area contributed by atoms with Gasteiger partial charge < -0.3 is 10.4 Å². The molecule has 1 heterocycles. The Hall–Kier alpha value is -0.870. The first-order chi connectivity index (χ1) is 7.39. The molecule has 16 heavy (non-hydrogen) atoms. The summed E-state index contributed by atoms with van der Waals surface area (Å²) in [7, 11) is 1.90. The van der Waals surface area contributed by atoms with Crippen LogP contribution in [-0.4, -0.2) is 33.1 Å². The second-order valence-corrected chi connectivity index (χ2v) is 5.05. The lowest BCUT2D eigenvalue weighted by Crippen LogP contribution is -2.40. The maximum absolute atomic E-state index is 10.1. The van der Waals surface area contributed by atoms with Crippen LogP contribution in [0.3, 0.4) is 0 Å². The molecule has 4 heteroatoms. The van der Waals surface area contributed by atoms with E-state index >= 15 is 0 Å². The van der Waals surface area contributed by atoms with Crippen LogP contribution in [0.4, 0.5) is 0 Å². The quantitative estimate of drug-likeness (QED) is 0.762. The van der Waals surface area contributed by atoms with Crippen molar-refractivity contribution in [1.29, 1.82) is 0 Å². The molecule has 0 fully saturated rings. The van der Waals surface area contributed by atoms with Crippen molar-refractivity contribution in [3.63, 3.8) is 0 Å². The second-order valence-electron chi connectivity index (χ2n) is 5.05. The average molecular weight is 225 g/mol. The second kappa shape index (κ2) is 5.46. The molecule has 1 unspecified atom stereocenters. The number of hydrogen-bond acceptors (Lipinski definition) is 3. The molecule has 0 amide bonds. The predicted octanol–water partition coefficient (Wildman–Crippen LogP) is 1.10. The summed E-state index contributed by atoms with van der Waals surface area (Å²) < 4.78 is 1.79. The van der Waals surface area contributed by atoms with Gasteiger partial charge in [0.2, 0.25) is 0 Å². The molecule has 0 radical (unpaired) electrons. The van der Waals surface area contributed by atoms with Gasteiger partial charge in [0, 0.05) is 25.8 Å². The molecule has 0 aromatic carbocycles. The highest BCUT2D eigenvalue weighted by Crippen LogP contribution is 2.13. The Morgan fingerprint density at radius 3 is 2.75 bits per heavy atom. The summed E-state index contributed by atoms with van der Waals surface area (Å²) in [4.78, 5) is 0. The summed E-state index contributed by atoms with van der Waals surface area (Å²) in [5.74, 6) is 0. The van der Waals surface area contributed by atoms with Crippen LogP contribution in [0, 0.1) is 0 Å². The predicted molar refractivity (Wildman–Crippen MR) is 65.3 cm³/mol. The van der Waals surface area contributed by atoms with E-state index in [-0.39, 0.29) is 0 Å². The molecule has 0 aliphatic heterocycles. The van der Waals surface area contributed by atoms with Crippen molar-refractivity contribution < 1.29 is 5.11 Å². The highest BCUT2D eigenvalue weighted by atomic mass is 16.3. The van der Waals surface area contributed by atoms with Crippen molar-refractivity contribution in [1.82, 2.24) is 15.1 Å². The van der Waals surface area contributed by atoms with Crippen LogP contribution in [0.2, 0.25) is 0 Å². The van der Waals surface area contributed by atoms with Crippen molar-refractivity contribution in [3.05, 3.63) is 18.0 Å². The first-order valence-electron chi connectivity index (χ1n) is 5.82. The fourth-order valence-electron chi connectivity index (χ4n) is 1.53. The fourth-order valence-corrected chi connectivity index (χ4v) is 1.53. The Morgan fingerprint density at radius 1 is 1.56 bits per heavy atom. The summed E-state index contributed by atoms with van der Waals surface area (Å²) in [6.45, 7) is 6.66. The summed E-state index contributed by atoms with van der Waals surface area (Å²) in [6, 6.07) is 0.407. The fraction of sp³-hybridized carbons (Fsp3) is 0.750. The van der Waals surface area contributed by atoms with Crippen molar-refractivity contribution >= 4 is 0 Å². The minimum absolute atomic E-state index is 0.407. The van der Waals surface area contributed by atoms with Crippen molar-refractivity contribution in [3.8, 4) is 0 Å². The summed E-state index contributed by atoms with van der Waals surface area (Å²) in [6.07, 6.45) is 5.46. The third kappa shape index (κ3) is 4.77. The highest BCUT2D eigenvalue weighted by molar-refractivity contribution is 5.04. The molecule has 0 saturated heterocycles. The average Bonchev–Trinajstić information content (AvgIpc) is 2.59. The number of hydrogen-bond donors (Lipinski definition) is 2. The molecular weight excluding hydrogens is 202 g/mol. The van der Waals surface area contributed by atoms with E-state index in [9.17, 15) is 5.11 Å². The van der Waals surface area contributed by atoms with Crippen molar-refractivity contribution in [2.75, 3.05) is 6.54 Å². The zero-order chi connectivity index (χ0) is 12.2. The van der Waals surface area contributed by atoms with Crippen LogP contribution >= 0.6 is 0 Å². The summed E-state index contributed by atoms with van der Waals surface area (Å²) in [5.41, 5.74) is 0.521. The highest BCUT2D eigenvalue weighted by Gasteiger charge is 2.20. The topological polar surface area (TPSA) is 50.1 Å². The zero-order valence-electron chi connectivity index (χ0n) is 10.7. The van der Waals surface area contributed by atoms with E-state index in [4.69, 9.17) is 0 Å². The lowest BCUT2D eigenvalue weighted by Gasteiger charge is -2.24. The molecule has 0 saturated carbocycles. The number of nitrogens with one attached hydrogen (secondary N) is 1. The maximum Gasteiger partial charge on any atom is 0.0746 e. The molecule has 92 valence electrons. The minimum atomic E-state index is -0.653. The van der Waals surface area contributed by atoms with Crippen LogP contribution in [0.25, 0.3) is 0 Å². The number of aromatic nitrogens is 2. The van der Waals surface area contributed by atoms with E-state index in [1.807, 2.05) is 26.4 Å². The van der Waals surface area contributed by atoms with Gasteiger partial charge in [-0.05, 0) is 25.3 Å². The molecule has 1 aromatic rings. The zero-order valence-corrected chi connectivity index (χ0v) is 10.7. The Kier molecular flexibility index (Phi) is 4.50. The van der Waals surface area contributed by atoms with Crippen molar-refractivity contribution in [2.24, 2.45) is 7.05 Å². The SMILES string of the molecule is CC(C)NCC(C)(O)CCc1cnn(C)c1. The van der Waals surface area contributed by atoms with Gasteiger partial charge in [-0.2, -0.15) is 5.10 Å². The van der Waals surface area contributed by atoms with E-state index in [0.717, 1.165) is 12.8 Å². The third-order valence-electron chi connectivity index (χ3n) is 2.60. The van der Waals surface area contributed by atoms with E-state index in [0.29, 0.717) is 12.6 Å². The Morgan fingerprint density at radius 2 is 2.25 bits per heavy atom. The van der Waals surface area contributed by atoms with Gasteiger partial charge >= 0.3 is 0 Å². The van der Waals surface area contributed by atoms with Gasteiger partial charge in [0.15, 0.2) is 0 Å². The van der Waals surface area contributed by atoms with E-state index < -0.39 is 5.60 Å². The molecule has 0 spiro atoms. The van der Waals surface area contributed by atoms with E-state index in [1.165, 1.54) is 5.56 Å². The van der Waals surface area contributed by atoms with Gasteiger partial charge in [-0.3, -0.25) is 4.68 Å². The molecule has 0 aliphatic rings. The van der Waals surface area contributed by atoms with Crippen LogP contribution in [-0.2, 0) is 13.5 Å². The number of aryl methyl sites for hydroxylation is 2. The monoisotopic (exact) mass is 225 g/mol. The number of rotatable bonds is 6. The molecule has 1 atom stereocenters. The van der Waals surface area contributed by atoms with Crippen molar-refractivity contribution in [2.45, 2.75) is 45.3 Å². The van der Waals surface area contributed by atoms with Crippen LogP contribution in [0.1, 0.15) is 32.8 Å². The minimum Gasteiger partial charge on any atom is -0.389 e. The Bertz CT molecular complexity index is 318. The third-order valence-corrected chi connectivity index (χ3v) is 2.60. The molecule has 1 rings (SSSR count). The number of nitrogens with zero attached hydrogens (tertiary/aromatic N) is 2. The van der Waals surface area contributed by atoms with E-state index in [1.54, 1.807) is 4.68 Å². The summed E-state index contributed by atoms with van der Waals surface area (Å²) >= 11 is 0. The van der Waals surface area contributed by atoms with Gasteiger partial charge in [-0.1, -0.05) is 13.8 Å². The maximum atomic E-state index is 10.1. The Balaban J connectivity index is 2.35.